The first kappa shape index (κ1) is 20.9. The van der Waals surface area contributed by atoms with Crippen molar-refractivity contribution in [3.63, 3.8) is 0 Å². The Balaban J connectivity index is 2.12. The van der Waals surface area contributed by atoms with E-state index in [-0.39, 0.29) is 54.8 Å². The number of nitrogens with zero attached hydrogens (tertiary/aromatic N) is 2. The van der Waals surface area contributed by atoms with Gasteiger partial charge in [0.25, 0.3) is 0 Å². The first-order chi connectivity index (χ1) is 12.8. The zero-order valence-corrected chi connectivity index (χ0v) is 16.2. The number of nitrogens with one attached hydrogen (secondary N) is 1. The summed E-state index contributed by atoms with van der Waals surface area (Å²) in [6.45, 7) is 5.23. The van der Waals surface area contributed by atoms with E-state index in [9.17, 15) is 18.8 Å². The lowest BCUT2D eigenvalue weighted by Crippen LogP contribution is -2.47. The maximum absolute atomic E-state index is 13.2. The number of rotatable bonds is 6. The van der Waals surface area contributed by atoms with Gasteiger partial charge in [-0.2, -0.15) is 0 Å². The summed E-state index contributed by atoms with van der Waals surface area (Å²) in [5.41, 5.74) is 0.856. The summed E-state index contributed by atoms with van der Waals surface area (Å²) < 4.78 is 13.2. The molecule has 1 aliphatic heterocycles. The molecule has 7 heteroatoms. The third-order valence-electron chi connectivity index (χ3n) is 4.96. The Kier molecular flexibility index (Phi) is 7.33. The first-order valence-electron chi connectivity index (χ1n) is 9.34. The van der Waals surface area contributed by atoms with Crippen molar-refractivity contribution in [2.45, 2.75) is 45.7 Å². The average Bonchev–Trinajstić information content (AvgIpc) is 2.81. The molecule has 0 bridgehead atoms. The van der Waals surface area contributed by atoms with E-state index in [1.807, 2.05) is 13.8 Å². The summed E-state index contributed by atoms with van der Waals surface area (Å²) in [6.07, 6.45) is 0.526. The van der Waals surface area contributed by atoms with E-state index < -0.39 is 0 Å². The van der Waals surface area contributed by atoms with Crippen molar-refractivity contribution in [1.82, 2.24) is 15.1 Å². The van der Waals surface area contributed by atoms with Crippen LogP contribution in [0.2, 0.25) is 0 Å². The number of amides is 3. The third-order valence-corrected chi connectivity index (χ3v) is 4.96. The fourth-order valence-electron chi connectivity index (χ4n) is 3.27. The van der Waals surface area contributed by atoms with Crippen molar-refractivity contribution >= 4 is 17.7 Å². The standard InChI is InChI=1S/C20H28FN3O3/c1-14(2)17-13-23(19(26)9-8-18(25)22-3)11-10-20(27)24(17)12-15-4-6-16(21)7-5-15/h4-7,14,17H,8-13H2,1-3H3,(H,22,25). The molecule has 1 heterocycles. The summed E-state index contributed by atoms with van der Waals surface area (Å²) >= 11 is 0. The number of halogens is 1. The Bertz CT molecular complexity index is 676. The molecule has 1 saturated heterocycles. The zero-order valence-electron chi connectivity index (χ0n) is 16.2. The molecular formula is C20H28FN3O3. The number of carbonyl (C=O) groups is 3. The normalized spacial score (nSPS) is 17.8. The van der Waals surface area contributed by atoms with Gasteiger partial charge < -0.3 is 15.1 Å². The molecule has 3 amide bonds. The van der Waals surface area contributed by atoms with E-state index in [1.165, 1.54) is 12.1 Å². The highest BCUT2D eigenvalue weighted by Gasteiger charge is 2.33. The summed E-state index contributed by atoms with van der Waals surface area (Å²) in [5.74, 6) is -0.455. The van der Waals surface area contributed by atoms with Crippen LogP contribution in [0, 0.1) is 11.7 Å². The number of hydrogen-bond donors (Lipinski definition) is 1. The molecule has 6 nitrogen and oxygen atoms in total. The lowest BCUT2D eigenvalue weighted by atomic mass is 10.0. The third kappa shape index (κ3) is 5.77. The minimum absolute atomic E-state index is 0.0142. The summed E-state index contributed by atoms with van der Waals surface area (Å²) in [6, 6.07) is 6.00. The van der Waals surface area contributed by atoms with Crippen LogP contribution in [0.25, 0.3) is 0 Å². The van der Waals surface area contributed by atoms with E-state index in [1.54, 1.807) is 29.0 Å². The second-order valence-electron chi connectivity index (χ2n) is 7.22. The van der Waals surface area contributed by atoms with Crippen molar-refractivity contribution < 1.29 is 18.8 Å². The second-order valence-corrected chi connectivity index (χ2v) is 7.22. The molecule has 0 spiro atoms. The Morgan fingerprint density at radius 3 is 2.48 bits per heavy atom. The molecule has 1 fully saturated rings. The molecule has 2 rings (SSSR count). The highest BCUT2D eigenvalue weighted by atomic mass is 19.1. The van der Waals surface area contributed by atoms with Crippen LogP contribution in [0.15, 0.2) is 24.3 Å². The SMILES string of the molecule is CNC(=O)CCC(=O)N1CCC(=O)N(Cc2ccc(F)cc2)C(C(C)C)C1. The van der Waals surface area contributed by atoms with Crippen molar-refractivity contribution in [2.24, 2.45) is 5.92 Å². The van der Waals surface area contributed by atoms with Crippen LogP contribution in [0.3, 0.4) is 0 Å². The molecule has 0 aromatic heterocycles. The van der Waals surface area contributed by atoms with Gasteiger partial charge in [0.05, 0.1) is 6.04 Å². The highest BCUT2D eigenvalue weighted by molar-refractivity contribution is 5.84. The first-order valence-corrected chi connectivity index (χ1v) is 9.34. The van der Waals surface area contributed by atoms with Gasteiger partial charge in [-0.25, -0.2) is 4.39 Å². The maximum Gasteiger partial charge on any atom is 0.224 e. The Labute approximate surface area is 159 Å². The Morgan fingerprint density at radius 1 is 1.22 bits per heavy atom. The van der Waals surface area contributed by atoms with Crippen molar-refractivity contribution in [1.29, 1.82) is 0 Å². The van der Waals surface area contributed by atoms with Gasteiger partial charge in [0.2, 0.25) is 17.7 Å². The van der Waals surface area contributed by atoms with E-state index >= 15 is 0 Å². The summed E-state index contributed by atoms with van der Waals surface area (Å²) in [5, 5.41) is 2.51. The van der Waals surface area contributed by atoms with Crippen molar-refractivity contribution in [3.05, 3.63) is 35.6 Å². The van der Waals surface area contributed by atoms with Gasteiger partial charge in [0.1, 0.15) is 5.82 Å². The van der Waals surface area contributed by atoms with Crippen LogP contribution in [0.5, 0.6) is 0 Å². The minimum Gasteiger partial charge on any atom is -0.359 e. The highest BCUT2D eigenvalue weighted by Crippen LogP contribution is 2.21. The van der Waals surface area contributed by atoms with E-state index in [0.717, 1.165) is 5.56 Å². The summed E-state index contributed by atoms with van der Waals surface area (Å²) in [4.78, 5) is 40.1. The predicted octanol–water partition coefficient (Wildman–Crippen LogP) is 1.94. The van der Waals surface area contributed by atoms with Crippen LogP contribution in [0.4, 0.5) is 4.39 Å². The molecule has 1 atom stereocenters. The number of benzene rings is 1. The molecule has 1 aromatic carbocycles. The van der Waals surface area contributed by atoms with E-state index in [0.29, 0.717) is 19.6 Å². The van der Waals surface area contributed by atoms with E-state index in [2.05, 4.69) is 5.32 Å². The van der Waals surface area contributed by atoms with Gasteiger partial charge in [0, 0.05) is 45.9 Å². The molecule has 1 aliphatic rings. The predicted molar refractivity (Wildman–Crippen MR) is 100 cm³/mol. The second kappa shape index (κ2) is 9.48. The molecule has 0 saturated carbocycles. The Morgan fingerprint density at radius 2 is 1.89 bits per heavy atom. The lowest BCUT2D eigenvalue weighted by Gasteiger charge is -2.34. The molecule has 1 aromatic rings. The summed E-state index contributed by atoms with van der Waals surface area (Å²) in [7, 11) is 1.54. The molecule has 148 valence electrons. The quantitative estimate of drug-likeness (QED) is 0.824. The molecule has 0 radical (unpaired) electrons. The van der Waals surface area contributed by atoms with Gasteiger partial charge in [-0.3, -0.25) is 14.4 Å². The molecule has 0 aliphatic carbocycles. The largest absolute Gasteiger partial charge is 0.359 e. The van der Waals surface area contributed by atoms with Crippen LogP contribution in [0.1, 0.15) is 38.7 Å². The van der Waals surface area contributed by atoms with Gasteiger partial charge in [0.15, 0.2) is 0 Å². The molecule has 1 unspecified atom stereocenters. The molecule has 27 heavy (non-hydrogen) atoms. The number of hydrogen-bond acceptors (Lipinski definition) is 3. The van der Waals surface area contributed by atoms with Gasteiger partial charge in [-0.05, 0) is 23.6 Å². The van der Waals surface area contributed by atoms with Crippen molar-refractivity contribution in [3.8, 4) is 0 Å². The van der Waals surface area contributed by atoms with Crippen LogP contribution in [-0.4, -0.2) is 53.7 Å². The Hall–Kier alpha value is -2.44. The fraction of sp³-hybridized carbons (Fsp3) is 0.550. The van der Waals surface area contributed by atoms with Crippen LogP contribution >= 0.6 is 0 Å². The zero-order chi connectivity index (χ0) is 20.0. The monoisotopic (exact) mass is 377 g/mol. The average molecular weight is 377 g/mol. The minimum atomic E-state index is -0.311. The van der Waals surface area contributed by atoms with Gasteiger partial charge in [-0.1, -0.05) is 26.0 Å². The van der Waals surface area contributed by atoms with Gasteiger partial charge >= 0.3 is 0 Å². The fourth-order valence-corrected chi connectivity index (χ4v) is 3.27. The van der Waals surface area contributed by atoms with E-state index in [4.69, 9.17) is 0 Å². The molecule has 1 N–H and O–H groups in total. The van der Waals surface area contributed by atoms with Gasteiger partial charge in [-0.15, -0.1) is 0 Å². The number of carbonyl (C=O) groups excluding carboxylic acids is 3. The molecular weight excluding hydrogens is 349 g/mol. The van der Waals surface area contributed by atoms with Crippen LogP contribution < -0.4 is 5.32 Å². The topological polar surface area (TPSA) is 69.7 Å². The van der Waals surface area contributed by atoms with Crippen molar-refractivity contribution in [2.75, 3.05) is 20.1 Å². The lowest BCUT2D eigenvalue weighted by molar-refractivity contribution is -0.135. The van der Waals surface area contributed by atoms with Crippen LogP contribution in [-0.2, 0) is 20.9 Å². The smallest absolute Gasteiger partial charge is 0.224 e. The maximum atomic E-state index is 13.2.